The van der Waals surface area contributed by atoms with Crippen LogP contribution in [0.3, 0.4) is 0 Å². The molecule has 1 N–H and O–H groups in total. The van der Waals surface area contributed by atoms with Gasteiger partial charge in [0.05, 0.1) is 12.7 Å². The van der Waals surface area contributed by atoms with E-state index in [2.05, 4.69) is 41.1 Å². The van der Waals surface area contributed by atoms with Crippen molar-refractivity contribution in [1.29, 1.82) is 0 Å². The summed E-state index contributed by atoms with van der Waals surface area (Å²) in [6.07, 6.45) is 0.865. The summed E-state index contributed by atoms with van der Waals surface area (Å²) in [7, 11) is 1.41. The van der Waals surface area contributed by atoms with Gasteiger partial charge >= 0.3 is 5.97 Å². The van der Waals surface area contributed by atoms with Crippen LogP contribution in [0, 0.1) is 12.8 Å². The van der Waals surface area contributed by atoms with Crippen LogP contribution in [-0.4, -0.2) is 30.7 Å². The summed E-state index contributed by atoms with van der Waals surface area (Å²) in [5, 5.41) is 4.69. The largest absolute Gasteiger partial charge is 0.465 e. The summed E-state index contributed by atoms with van der Waals surface area (Å²) < 4.78 is 7.25. The van der Waals surface area contributed by atoms with Crippen molar-refractivity contribution in [2.24, 2.45) is 5.92 Å². The fourth-order valence-electron chi connectivity index (χ4n) is 3.78. The van der Waals surface area contributed by atoms with Crippen molar-refractivity contribution >= 4 is 29.3 Å². The molecule has 1 aromatic heterocycles. The summed E-state index contributed by atoms with van der Waals surface area (Å²) in [5.41, 5.74) is 5.83. The Hall–Kier alpha value is -2.30. The van der Waals surface area contributed by atoms with Gasteiger partial charge in [0.15, 0.2) is 0 Å². The number of halogens is 1. The van der Waals surface area contributed by atoms with E-state index in [4.69, 9.17) is 4.74 Å². The molecule has 0 atom stereocenters. The topological polar surface area (TPSA) is 43.3 Å². The van der Waals surface area contributed by atoms with Crippen LogP contribution in [0.25, 0.3) is 10.9 Å². The van der Waals surface area contributed by atoms with Gasteiger partial charge in [-0.15, -0.1) is 12.4 Å². The van der Waals surface area contributed by atoms with Gasteiger partial charge in [0, 0.05) is 42.1 Å². The smallest absolute Gasteiger partial charge is 0.337 e. The van der Waals surface area contributed by atoms with Gasteiger partial charge in [0.25, 0.3) is 0 Å². The number of hydrogen-bond acceptors (Lipinski definition) is 3. The van der Waals surface area contributed by atoms with E-state index in [0.717, 1.165) is 32.0 Å². The average Bonchev–Trinajstić information content (AvgIpc) is 2.90. The highest BCUT2D eigenvalue weighted by Gasteiger charge is 2.21. The molecule has 3 aromatic rings. The van der Waals surface area contributed by atoms with E-state index in [1.54, 1.807) is 0 Å². The number of ether oxygens (including phenoxy) is 1. The molecule has 1 aliphatic heterocycles. The maximum atomic E-state index is 11.6. The van der Waals surface area contributed by atoms with Crippen LogP contribution >= 0.6 is 12.4 Å². The van der Waals surface area contributed by atoms with Gasteiger partial charge < -0.3 is 14.6 Å². The first-order chi connectivity index (χ1) is 12.7. The minimum absolute atomic E-state index is 0. The van der Waals surface area contributed by atoms with Gasteiger partial charge in [0.1, 0.15) is 0 Å². The summed E-state index contributed by atoms with van der Waals surface area (Å²) in [4.78, 5) is 11.6. The number of carbonyl (C=O) groups is 1. The van der Waals surface area contributed by atoms with Gasteiger partial charge in [-0.2, -0.15) is 0 Å². The third-order valence-electron chi connectivity index (χ3n) is 5.42. The second-order valence-corrected chi connectivity index (χ2v) is 7.08. The molecule has 0 radical (unpaired) electrons. The van der Waals surface area contributed by atoms with Crippen molar-refractivity contribution < 1.29 is 9.53 Å². The first-order valence-corrected chi connectivity index (χ1v) is 9.12. The van der Waals surface area contributed by atoms with Crippen LogP contribution in [0.15, 0.2) is 48.5 Å². The van der Waals surface area contributed by atoms with Gasteiger partial charge in [-0.05, 0) is 42.7 Å². The zero-order valence-corrected chi connectivity index (χ0v) is 16.5. The lowest BCUT2D eigenvalue weighted by Crippen LogP contribution is -2.44. The van der Waals surface area contributed by atoms with E-state index in [1.807, 2.05) is 24.3 Å². The number of carbonyl (C=O) groups excluding carboxylic acids is 1. The van der Waals surface area contributed by atoms with Crippen molar-refractivity contribution in [3.05, 3.63) is 70.9 Å². The number of hydrogen-bond donors (Lipinski definition) is 1. The summed E-state index contributed by atoms with van der Waals surface area (Å²) in [6, 6.07) is 16.4. The van der Waals surface area contributed by atoms with Crippen molar-refractivity contribution in [2.75, 3.05) is 20.2 Å². The second-order valence-electron chi connectivity index (χ2n) is 7.08. The van der Waals surface area contributed by atoms with Crippen molar-refractivity contribution in [2.45, 2.75) is 19.9 Å². The lowest BCUT2D eigenvalue weighted by molar-refractivity contribution is 0.0600. The number of rotatable bonds is 5. The molecule has 2 heterocycles. The fourth-order valence-corrected chi connectivity index (χ4v) is 3.78. The molecule has 1 fully saturated rings. The molecule has 5 heteroatoms. The molecule has 0 amide bonds. The van der Waals surface area contributed by atoms with Crippen LogP contribution in [0.1, 0.15) is 27.2 Å². The maximum Gasteiger partial charge on any atom is 0.337 e. The molecular formula is C22H25ClN2O2. The average molecular weight is 385 g/mol. The van der Waals surface area contributed by atoms with Gasteiger partial charge in [0.2, 0.25) is 0 Å². The number of methoxy groups -OCH3 is 1. The number of para-hydroxylation sites is 1. The zero-order valence-electron chi connectivity index (χ0n) is 15.7. The highest BCUT2D eigenvalue weighted by Crippen LogP contribution is 2.29. The van der Waals surface area contributed by atoms with E-state index in [-0.39, 0.29) is 18.4 Å². The minimum Gasteiger partial charge on any atom is -0.465 e. The first-order valence-electron chi connectivity index (χ1n) is 9.12. The molecule has 2 aromatic carbocycles. The van der Waals surface area contributed by atoms with Gasteiger partial charge in [-0.25, -0.2) is 4.79 Å². The van der Waals surface area contributed by atoms with E-state index >= 15 is 0 Å². The normalized spacial score (nSPS) is 13.9. The Morgan fingerprint density at radius 2 is 1.85 bits per heavy atom. The maximum absolute atomic E-state index is 11.6. The number of benzene rings is 2. The SMILES string of the molecule is COC(=O)c1ccc(Cc2c(C)n(CC3CNC3)c3ccccc23)cc1.Cl. The van der Waals surface area contributed by atoms with Crippen LogP contribution in [0.4, 0.5) is 0 Å². The predicted molar refractivity (Wildman–Crippen MR) is 111 cm³/mol. The molecule has 1 saturated heterocycles. The third-order valence-corrected chi connectivity index (χ3v) is 5.42. The van der Waals surface area contributed by atoms with Crippen molar-refractivity contribution in [3.8, 4) is 0 Å². The van der Waals surface area contributed by atoms with E-state index in [0.29, 0.717) is 5.56 Å². The molecule has 0 aliphatic carbocycles. The Balaban J connectivity index is 0.00000210. The number of esters is 1. The Labute approximate surface area is 165 Å². The summed E-state index contributed by atoms with van der Waals surface area (Å²) in [5.74, 6) is 0.426. The van der Waals surface area contributed by atoms with Crippen LogP contribution in [-0.2, 0) is 17.7 Å². The number of nitrogens with zero attached hydrogens (tertiary/aromatic N) is 1. The Kier molecular flexibility index (Phi) is 5.88. The van der Waals surface area contributed by atoms with Crippen LogP contribution < -0.4 is 5.32 Å². The fraction of sp³-hybridized carbons (Fsp3) is 0.318. The summed E-state index contributed by atoms with van der Waals surface area (Å²) in [6.45, 7) is 5.51. The molecule has 0 saturated carbocycles. The zero-order chi connectivity index (χ0) is 18.1. The third kappa shape index (κ3) is 3.73. The van der Waals surface area contributed by atoms with Crippen molar-refractivity contribution in [3.63, 3.8) is 0 Å². The highest BCUT2D eigenvalue weighted by atomic mass is 35.5. The highest BCUT2D eigenvalue weighted by molar-refractivity contribution is 5.89. The van der Waals surface area contributed by atoms with E-state index in [9.17, 15) is 4.79 Å². The molecule has 4 rings (SSSR count). The quantitative estimate of drug-likeness (QED) is 0.677. The second kappa shape index (κ2) is 8.15. The molecule has 27 heavy (non-hydrogen) atoms. The Morgan fingerprint density at radius 1 is 1.15 bits per heavy atom. The lowest BCUT2D eigenvalue weighted by atomic mass is 10.0. The Bertz CT molecular complexity index is 943. The predicted octanol–water partition coefficient (Wildman–Crippen LogP) is 3.97. The molecule has 0 bridgehead atoms. The first kappa shape index (κ1) is 19.5. The number of aromatic nitrogens is 1. The van der Waals surface area contributed by atoms with E-state index < -0.39 is 0 Å². The van der Waals surface area contributed by atoms with Gasteiger partial charge in [-0.3, -0.25) is 0 Å². The monoisotopic (exact) mass is 384 g/mol. The van der Waals surface area contributed by atoms with Crippen LogP contribution in [0.2, 0.25) is 0 Å². The molecule has 142 valence electrons. The number of nitrogens with one attached hydrogen (secondary N) is 1. The van der Waals surface area contributed by atoms with Crippen molar-refractivity contribution in [1.82, 2.24) is 9.88 Å². The van der Waals surface area contributed by atoms with Crippen LogP contribution in [0.5, 0.6) is 0 Å². The number of fused-ring (bicyclic) bond motifs is 1. The molecule has 1 aliphatic rings. The molecule has 0 spiro atoms. The molecule has 0 unspecified atom stereocenters. The Morgan fingerprint density at radius 3 is 2.48 bits per heavy atom. The lowest BCUT2D eigenvalue weighted by Gasteiger charge is -2.28. The summed E-state index contributed by atoms with van der Waals surface area (Å²) >= 11 is 0. The standard InChI is InChI=1S/C22H24N2O2.ClH/c1-15-20(11-16-7-9-18(10-8-16)22(25)26-2)19-5-3-4-6-21(19)24(15)14-17-12-23-13-17;/h3-10,17,23H,11-14H2,1-2H3;1H. The minimum atomic E-state index is -0.293. The molecular weight excluding hydrogens is 360 g/mol. The molecule has 4 nitrogen and oxygen atoms in total. The van der Waals surface area contributed by atoms with Gasteiger partial charge in [-0.1, -0.05) is 30.3 Å². The van der Waals surface area contributed by atoms with E-state index in [1.165, 1.54) is 34.8 Å².